The summed E-state index contributed by atoms with van der Waals surface area (Å²) in [6.45, 7) is 6.50. The van der Waals surface area contributed by atoms with Crippen LogP contribution >= 0.6 is 0 Å². The summed E-state index contributed by atoms with van der Waals surface area (Å²) in [4.78, 5) is 32.4. The average molecular weight is 409 g/mol. The van der Waals surface area contributed by atoms with Crippen LogP contribution in [-0.2, 0) is 26.1 Å². The Morgan fingerprint density at radius 2 is 1.77 bits per heavy atom. The van der Waals surface area contributed by atoms with Gasteiger partial charge in [-0.25, -0.2) is 9.78 Å². The summed E-state index contributed by atoms with van der Waals surface area (Å²) in [7, 11) is 0. The minimum Gasteiger partial charge on any atom is -0.390 e. The van der Waals surface area contributed by atoms with E-state index in [9.17, 15) is 14.7 Å². The van der Waals surface area contributed by atoms with E-state index < -0.39 is 17.4 Å². The van der Waals surface area contributed by atoms with E-state index in [4.69, 9.17) is 0 Å². The van der Waals surface area contributed by atoms with Crippen molar-refractivity contribution >= 4 is 11.0 Å². The maximum absolute atomic E-state index is 13.1. The molecule has 0 spiro atoms. The Balaban J connectivity index is 1.59. The van der Waals surface area contributed by atoms with Gasteiger partial charge in [0.15, 0.2) is 5.52 Å². The van der Waals surface area contributed by atoms with Gasteiger partial charge in [-0.1, -0.05) is 38.1 Å². The molecule has 1 unspecified atom stereocenters. The predicted octanol–water partition coefficient (Wildman–Crippen LogP) is 1.63. The number of aliphatic hydroxyl groups excluding tert-OH is 1. The topological polar surface area (TPSA) is 80.4 Å². The Hall–Kier alpha value is -2.77. The molecule has 30 heavy (non-hydrogen) atoms. The second kappa shape index (κ2) is 8.53. The SMILES string of the molecule is CC(C)Cn1c(=O)n(CC(O)CN2CCc3ccccc3C2)c(=O)c2ncccc21. The quantitative estimate of drug-likeness (QED) is 0.671. The highest BCUT2D eigenvalue weighted by atomic mass is 16.3. The van der Waals surface area contributed by atoms with Gasteiger partial charge in [0.25, 0.3) is 5.56 Å². The molecule has 0 saturated carbocycles. The molecule has 0 aliphatic carbocycles. The fourth-order valence-electron chi connectivity index (χ4n) is 4.22. The molecule has 1 aromatic carbocycles. The van der Waals surface area contributed by atoms with E-state index in [0.717, 1.165) is 24.1 Å². The molecule has 4 rings (SSSR count). The van der Waals surface area contributed by atoms with Gasteiger partial charge in [-0.3, -0.25) is 18.8 Å². The summed E-state index contributed by atoms with van der Waals surface area (Å²) >= 11 is 0. The van der Waals surface area contributed by atoms with E-state index in [1.165, 1.54) is 11.1 Å². The lowest BCUT2D eigenvalue weighted by molar-refractivity contribution is 0.0896. The number of β-amino-alcohol motifs (C(OH)–C–C–N with tert-alkyl or cyclic N) is 1. The van der Waals surface area contributed by atoms with Gasteiger partial charge in [0.1, 0.15) is 0 Å². The van der Waals surface area contributed by atoms with Crippen LogP contribution in [0.5, 0.6) is 0 Å². The Bertz CT molecular complexity index is 1170. The molecule has 7 heteroatoms. The molecular formula is C23H28N4O3. The first-order valence-corrected chi connectivity index (χ1v) is 10.5. The Labute approximate surface area is 175 Å². The number of rotatable bonds is 6. The predicted molar refractivity (Wildman–Crippen MR) is 117 cm³/mol. The third-order valence-electron chi connectivity index (χ3n) is 5.61. The van der Waals surface area contributed by atoms with Gasteiger partial charge in [-0.15, -0.1) is 0 Å². The summed E-state index contributed by atoms with van der Waals surface area (Å²) in [6, 6.07) is 11.8. The van der Waals surface area contributed by atoms with Crippen molar-refractivity contribution in [1.82, 2.24) is 19.0 Å². The van der Waals surface area contributed by atoms with Gasteiger partial charge in [0.2, 0.25) is 0 Å². The zero-order chi connectivity index (χ0) is 21.3. The molecule has 1 N–H and O–H groups in total. The Morgan fingerprint density at radius 3 is 2.53 bits per heavy atom. The molecule has 0 radical (unpaired) electrons. The lowest BCUT2D eigenvalue weighted by Crippen LogP contribution is -2.46. The van der Waals surface area contributed by atoms with E-state index in [-0.39, 0.29) is 18.0 Å². The fourth-order valence-corrected chi connectivity index (χ4v) is 4.22. The largest absolute Gasteiger partial charge is 0.390 e. The molecular weight excluding hydrogens is 380 g/mol. The summed E-state index contributed by atoms with van der Waals surface area (Å²) in [5.74, 6) is 0.232. The van der Waals surface area contributed by atoms with E-state index >= 15 is 0 Å². The molecule has 3 heterocycles. The molecule has 2 aromatic heterocycles. The van der Waals surface area contributed by atoms with Crippen LogP contribution in [0.3, 0.4) is 0 Å². The Morgan fingerprint density at radius 1 is 1.00 bits per heavy atom. The second-order valence-corrected chi connectivity index (χ2v) is 8.48. The maximum atomic E-state index is 13.1. The smallest absolute Gasteiger partial charge is 0.331 e. The number of hydrogen-bond donors (Lipinski definition) is 1. The fraction of sp³-hybridized carbons (Fsp3) is 0.435. The van der Waals surface area contributed by atoms with Crippen molar-refractivity contribution in [1.29, 1.82) is 0 Å². The van der Waals surface area contributed by atoms with Crippen LogP contribution in [0.4, 0.5) is 0 Å². The molecule has 0 bridgehead atoms. The molecule has 0 saturated heterocycles. The van der Waals surface area contributed by atoms with Crippen LogP contribution in [0.2, 0.25) is 0 Å². The maximum Gasteiger partial charge on any atom is 0.331 e. The average Bonchev–Trinajstić information content (AvgIpc) is 2.74. The monoisotopic (exact) mass is 408 g/mol. The van der Waals surface area contributed by atoms with Crippen molar-refractivity contribution in [2.24, 2.45) is 5.92 Å². The van der Waals surface area contributed by atoms with Crippen LogP contribution in [0.1, 0.15) is 25.0 Å². The van der Waals surface area contributed by atoms with Crippen molar-refractivity contribution in [2.45, 2.75) is 46.0 Å². The number of hydrogen-bond acceptors (Lipinski definition) is 5. The third-order valence-corrected chi connectivity index (χ3v) is 5.61. The highest BCUT2D eigenvalue weighted by Gasteiger charge is 2.21. The van der Waals surface area contributed by atoms with E-state index in [2.05, 4.69) is 22.0 Å². The first-order valence-electron chi connectivity index (χ1n) is 10.5. The van der Waals surface area contributed by atoms with Gasteiger partial charge in [0, 0.05) is 32.4 Å². The summed E-state index contributed by atoms with van der Waals surface area (Å²) in [5, 5.41) is 10.7. The van der Waals surface area contributed by atoms with Gasteiger partial charge >= 0.3 is 5.69 Å². The molecule has 7 nitrogen and oxygen atoms in total. The zero-order valence-electron chi connectivity index (χ0n) is 17.5. The molecule has 1 atom stereocenters. The molecule has 1 aliphatic rings. The highest BCUT2D eigenvalue weighted by Crippen LogP contribution is 2.18. The minimum absolute atomic E-state index is 0.0412. The first-order chi connectivity index (χ1) is 14.4. The van der Waals surface area contributed by atoms with Crippen molar-refractivity contribution < 1.29 is 5.11 Å². The molecule has 3 aromatic rings. The summed E-state index contributed by atoms with van der Waals surface area (Å²) in [6.07, 6.45) is 1.67. The summed E-state index contributed by atoms with van der Waals surface area (Å²) in [5.41, 5.74) is 2.58. The Kier molecular flexibility index (Phi) is 5.83. The molecule has 0 fully saturated rings. The highest BCUT2D eigenvalue weighted by molar-refractivity contribution is 5.73. The third kappa shape index (κ3) is 4.08. The van der Waals surface area contributed by atoms with E-state index in [1.807, 2.05) is 26.0 Å². The number of aromatic nitrogens is 3. The summed E-state index contributed by atoms with van der Waals surface area (Å²) < 4.78 is 2.73. The van der Waals surface area contributed by atoms with Crippen molar-refractivity contribution in [3.05, 3.63) is 74.6 Å². The van der Waals surface area contributed by atoms with Gasteiger partial charge in [-0.2, -0.15) is 0 Å². The zero-order valence-corrected chi connectivity index (χ0v) is 17.5. The number of nitrogens with zero attached hydrogens (tertiary/aromatic N) is 4. The second-order valence-electron chi connectivity index (χ2n) is 8.48. The lowest BCUT2D eigenvalue weighted by Gasteiger charge is -2.30. The van der Waals surface area contributed by atoms with Crippen molar-refractivity contribution in [2.75, 3.05) is 13.1 Å². The van der Waals surface area contributed by atoms with Crippen LogP contribution in [0, 0.1) is 5.92 Å². The number of aliphatic hydroxyl groups is 1. The van der Waals surface area contributed by atoms with Crippen LogP contribution in [0.15, 0.2) is 52.2 Å². The normalized spacial score (nSPS) is 15.5. The first kappa shape index (κ1) is 20.5. The molecule has 0 amide bonds. The van der Waals surface area contributed by atoms with E-state index in [0.29, 0.717) is 18.6 Å². The van der Waals surface area contributed by atoms with Crippen LogP contribution in [0.25, 0.3) is 11.0 Å². The number of fused-ring (bicyclic) bond motifs is 2. The standard InChI is InChI=1S/C23H28N4O3/c1-16(2)12-26-20-8-5-10-24-21(20)22(29)27(23(26)30)15-19(28)14-25-11-9-17-6-3-4-7-18(17)13-25/h3-8,10,16,19,28H,9,11-15H2,1-2H3. The van der Waals surface area contributed by atoms with Crippen LogP contribution in [-0.4, -0.2) is 43.3 Å². The van der Waals surface area contributed by atoms with E-state index in [1.54, 1.807) is 22.9 Å². The van der Waals surface area contributed by atoms with Crippen molar-refractivity contribution in [3.63, 3.8) is 0 Å². The molecule has 158 valence electrons. The number of benzene rings is 1. The minimum atomic E-state index is -0.825. The van der Waals surface area contributed by atoms with Gasteiger partial charge in [0.05, 0.1) is 18.2 Å². The lowest BCUT2D eigenvalue weighted by atomic mass is 10.00. The molecule has 1 aliphatic heterocycles. The van der Waals surface area contributed by atoms with Crippen molar-refractivity contribution in [3.8, 4) is 0 Å². The number of pyridine rings is 1. The van der Waals surface area contributed by atoms with Gasteiger partial charge in [-0.05, 0) is 35.6 Å². The van der Waals surface area contributed by atoms with Gasteiger partial charge < -0.3 is 5.11 Å². The van der Waals surface area contributed by atoms with Crippen LogP contribution < -0.4 is 11.2 Å².